The van der Waals surface area contributed by atoms with Crippen LogP contribution in [0, 0.1) is 21.5 Å². The summed E-state index contributed by atoms with van der Waals surface area (Å²) in [5.41, 5.74) is 4.09. The van der Waals surface area contributed by atoms with Crippen molar-refractivity contribution in [1.29, 1.82) is 10.7 Å². The zero-order valence-corrected chi connectivity index (χ0v) is 19.7. The number of hydrogen-bond donors (Lipinski definition) is 2. The van der Waals surface area contributed by atoms with Gasteiger partial charge in [0.15, 0.2) is 4.77 Å². The lowest BCUT2D eigenvalue weighted by atomic mass is 10.0. The number of anilines is 1. The molecule has 2 aromatic carbocycles. The number of nitrogens with one attached hydrogen (secondary N) is 2. The van der Waals surface area contributed by atoms with Crippen molar-refractivity contribution in [3.63, 3.8) is 0 Å². The van der Waals surface area contributed by atoms with Gasteiger partial charge >= 0.3 is 0 Å². The van der Waals surface area contributed by atoms with Gasteiger partial charge in [0.1, 0.15) is 22.9 Å². The summed E-state index contributed by atoms with van der Waals surface area (Å²) < 4.78 is 9.71. The molecule has 1 aliphatic heterocycles. The van der Waals surface area contributed by atoms with Crippen LogP contribution in [-0.4, -0.2) is 46.4 Å². The molecular formula is C25H28N6OS. The Labute approximate surface area is 199 Å². The summed E-state index contributed by atoms with van der Waals surface area (Å²) in [4.78, 5) is 2.39. The lowest BCUT2D eigenvalue weighted by Crippen LogP contribution is -2.45. The lowest BCUT2D eigenvalue weighted by molar-refractivity contribution is -0.0241. The molecule has 1 fully saturated rings. The van der Waals surface area contributed by atoms with Gasteiger partial charge in [-0.1, -0.05) is 54.6 Å². The molecule has 0 spiro atoms. The molecule has 4 rings (SSSR count). The number of morpholine rings is 1. The largest absolute Gasteiger partial charge is 0.374 e. The van der Waals surface area contributed by atoms with Crippen molar-refractivity contribution >= 4 is 18.0 Å². The highest BCUT2D eigenvalue weighted by atomic mass is 32.1. The second kappa shape index (κ2) is 10.1. The molecule has 2 N–H and O–H groups in total. The van der Waals surface area contributed by atoms with Crippen molar-refractivity contribution < 1.29 is 4.74 Å². The van der Waals surface area contributed by atoms with E-state index in [1.54, 1.807) is 18.7 Å². The van der Waals surface area contributed by atoms with Crippen molar-refractivity contribution in [2.45, 2.75) is 12.6 Å². The van der Waals surface area contributed by atoms with Crippen LogP contribution in [-0.2, 0) is 25.4 Å². The molecule has 33 heavy (non-hydrogen) atoms. The third-order valence-electron chi connectivity index (χ3n) is 6.02. The van der Waals surface area contributed by atoms with E-state index in [4.69, 9.17) is 22.4 Å². The molecule has 0 amide bonds. The van der Waals surface area contributed by atoms with E-state index in [-0.39, 0.29) is 17.2 Å². The fourth-order valence-electron chi connectivity index (χ4n) is 4.13. The predicted octanol–water partition coefficient (Wildman–Crippen LogP) is 3.42. The van der Waals surface area contributed by atoms with E-state index in [1.165, 1.54) is 21.3 Å². The van der Waals surface area contributed by atoms with E-state index in [2.05, 4.69) is 64.8 Å². The Morgan fingerprint density at radius 2 is 1.79 bits per heavy atom. The Hall–Kier alpha value is -3.25. The second-order valence-electron chi connectivity index (χ2n) is 8.26. The maximum absolute atomic E-state index is 9.56. The first-order valence-electron chi connectivity index (χ1n) is 10.9. The average Bonchev–Trinajstić information content (AvgIpc) is 2.85. The highest BCUT2D eigenvalue weighted by Crippen LogP contribution is 2.20. The standard InChI is InChI=1S/C25H28N6OS/c1-29-23(27)22(14-26)24(30(2)25(29)33)28-15-21-17-31(12-13-32-21)16-18-8-10-20(11-9-18)19-6-4-3-5-7-19/h3-11,21,27-28H,12-13,15-17H2,1-2H3. The summed E-state index contributed by atoms with van der Waals surface area (Å²) >= 11 is 5.40. The van der Waals surface area contributed by atoms with E-state index in [9.17, 15) is 5.26 Å². The van der Waals surface area contributed by atoms with Crippen LogP contribution in [0.5, 0.6) is 0 Å². The molecule has 0 radical (unpaired) electrons. The molecule has 0 aliphatic carbocycles. The Bertz CT molecular complexity index is 1270. The third-order valence-corrected chi connectivity index (χ3v) is 6.57. The van der Waals surface area contributed by atoms with Crippen LogP contribution in [0.2, 0.25) is 0 Å². The second-order valence-corrected chi connectivity index (χ2v) is 8.62. The van der Waals surface area contributed by atoms with E-state index in [0.717, 1.165) is 19.6 Å². The van der Waals surface area contributed by atoms with Crippen molar-refractivity contribution in [2.24, 2.45) is 14.1 Å². The highest BCUT2D eigenvalue weighted by molar-refractivity contribution is 7.71. The molecule has 2 heterocycles. The molecular weight excluding hydrogens is 432 g/mol. The molecule has 0 bridgehead atoms. The quantitative estimate of drug-likeness (QED) is 0.551. The molecule has 1 atom stereocenters. The first kappa shape index (κ1) is 22.9. The van der Waals surface area contributed by atoms with E-state index < -0.39 is 0 Å². The SMILES string of the molecule is Cn1c(NCC2CN(Cc3ccc(-c4ccccc4)cc3)CCO2)c(C#N)c(=N)n(C)c1=S. The maximum atomic E-state index is 9.56. The first-order valence-corrected chi connectivity index (χ1v) is 11.4. The van der Waals surface area contributed by atoms with Gasteiger partial charge in [0.2, 0.25) is 0 Å². The topological polar surface area (TPSA) is 82.0 Å². The molecule has 3 aromatic rings. The zero-order valence-electron chi connectivity index (χ0n) is 18.9. The van der Waals surface area contributed by atoms with Crippen LogP contribution in [0.4, 0.5) is 5.82 Å². The normalized spacial score (nSPS) is 16.3. The summed E-state index contributed by atoms with van der Waals surface area (Å²) in [6, 6.07) is 21.2. The summed E-state index contributed by atoms with van der Waals surface area (Å²) in [5, 5.41) is 21.1. The Kier molecular flexibility index (Phi) is 7.04. The highest BCUT2D eigenvalue weighted by Gasteiger charge is 2.22. The number of nitriles is 1. The van der Waals surface area contributed by atoms with E-state index in [1.807, 2.05) is 6.07 Å². The van der Waals surface area contributed by atoms with Gasteiger partial charge in [0.25, 0.3) is 0 Å². The van der Waals surface area contributed by atoms with Crippen LogP contribution >= 0.6 is 12.2 Å². The van der Waals surface area contributed by atoms with Crippen molar-refractivity contribution in [1.82, 2.24) is 14.0 Å². The van der Waals surface area contributed by atoms with E-state index >= 15 is 0 Å². The summed E-state index contributed by atoms with van der Waals surface area (Å²) in [6.07, 6.45) is -0.0226. The molecule has 1 unspecified atom stereocenters. The number of nitrogens with zero attached hydrogens (tertiary/aromatic N) is 4. The monoisotopic (exact) mass is 460 g/mol. The first-order chi connectivity index (χ1) is 16.0. The van der Waals surface area contributed by atoms with Crippen molar-refractivity contribution in [3.8, 4) is 17.2 Å². The van der Waals surface area contributed by atoms with Crippen LogP contribution in [0.15, 0.2) is 54.6 Å². The molecule has 1 aliphatic rings. The minimum absolute atomic E-state index is 0.0226. The summed E-state index contributed by atoms with van der Waals surface area (Å²) in [5.74, 6) is 0.558. The fourth-order valence-corrected chi connectivity index (χ4v) is 4.31. The lowest BCUT2D eigenvalue weighted by Gasteiger charge is -2.33. The number of ether oxygens (including phenoxy) is 1. The van der Waals surface area contributed by atoms with Gasteiger partial charge in [0.05, 0.1) is 12.7 Å². The predicted molar refractivity (Wildman–Crippen MR) is 131 cm³/mol. The van der Waals surface area contributed by atoms with Crippen LogP contribution in [0.1, 0.15) is 11.1 Å². The number of rotatable bonds is 6. The van der Waals surface area contributed by atoms with E-state index in [0.29, 0.717) is 23.7 Å². The molecule has 1 aromatic heterocycles. The van der Waals surface area contributed by atoms with Gasteiger partial charge in [-0.2, -0.15) is 5.26 Å². The third kappa shape index (κ3) is 5.06. The summed E-state index contributed by atoms with van der Waals surface area (Å²) in [7, 11) is 3.50. The van der Waals surface area contributed by atoms with Crippen molar-refractivity contribution in [2.75, 3.05) is 31.6 Å². The number of aromatic nitrogens is 2. The molecule has 7 nitrogen and oxygen atoms in total. The minimum atomic E-state index is -0.0226. The smallest absolute Gasteiger partial charge is 0.182 e. The van der Waals surface area contributed by atoms with Crippen LogP contribution in [0.3, 0.4) is 0 Å². The van der Waals surface area contributed by atoms with Gasteiger partial charge in [-0.15, -0.1) is 0 Å². The minimum Gasteiger partial charge on any atom is -0.374 e. The van der Waals surface area contributed by atoms with Crippen LogP contribution in [0.25, 0.3) is 11.1 Å². The average molecular weight is 461 g/mol. The Morgan fingerprint density at radius 1 is 1.09 bits per heavy atom. The molecule has 8 heteroatoms. The van der Waals surface area contributed by atoms with Gasteiger partial charge in [-0.25, -0.2) is 0 Å². The molecule has 170 valence electrons. The number of benzene rings is 2. The Balaban J connectivity index is 1.39. The number of hydrogen-bond acceptors (Lipinski definition) is 6. The summed E-state index contributed by atoms with van der Waals surface area (Å²) in [6.45, 7) is 3.72. The molecule has 1 saturated heterocycles. The fraction of sp³-hybridized carbons (Fsp3) is 0.320. The molecule has 0 saturated carbocycles. The van der Waals surface area contributed by atoms with Gasteiger partial charge in [0, 0.05) is 40.3 Å². The maximum Gasteiger partial charge on any atom is 0.182 e. The van der Waals surface area contributed by atoms with Crippen LogP contribution < -0.4 is 10.8 Å². The Morgan fingerprint density at radius 3 is 2.48 bits per heavy atom. The van der Waals surface area contributed by atoms with Gasteiger partial charge in [-0.3, -0.25) is 10.3 Å². The van der Waals surface area contributed by atoms with Gasteiger partial charge < -0.3 is 19.2 Å². The zero-order chi connectivity index (χ0) is 23.4. The van der Waals surface area contributed by atoms with Crippen molar-refractivity contribution in [3.05, 3.63) is 76.0 Å². The van der Waals surface area contributed by atoms with Gasteiger partial charge in [-0.05, 0) is 28.9 Å².